The normalized spacial score (nSPS) is 15.5. The van der Waals surface area contributed by atoms with Gasteiger partial charge in [0.1, 0.15) is 6.10 Å². The van der Waals surface area contributed by atoms with Crippen molar-refractivity contribution < 1.29 is 29.4 Å². The monoisotopic (exact) mass is 381 g/mol. The lowest BCUT2D eigenvalue weighted by atomic mass is 9.87. The third kappa shape index (κ3) is 7.32. The van der Waals surface area contributed by atoms with Crippen LogP contribution in [0.1, 0.15) is 33.1 Å². The molecule has 0 spiro atoms. The highest BCUT2D eigenvalue weighted by molar-refractivity contribution is 6.12. The summed E-state index contributed by atoms with van der Waals surface area (Å²) in [5, 5.41) is 23.8. The third-order valence-electron chi connectivity index (χ3n) is 4.11. The van der Waals surface area contributed by atoms with Crippen molar-refractivity contribution in [2.24, 2.45) is 5.41 Å². The molecule has 1 aliphatic heterocycles. The van der Waals surface area contributed by atoms with Crippen LogP contribution in [0.5, 0.6) is 0 Å². The standard InChI is InChI=1S/C18H27N3O6/c1-18(2,12-22)16(26)17(27)20-10-8-13(23)19-9-4-3-5-11-21-14(24)6-7-15(21)25/h6-8,10,16,22,26H,3-5,9,11-12H2,1-2H3,(H,19,23)(H,20,27)/b10-8+. The Kier molecular flexibility index (Phi) is 8.83. The van der Waals surface area contributed by atoms with Crippen LogP contribution in [0.4, 0.5) is 0 Å². The number of imide groups is 1. The summed E-state index contributed by atoms with van der Waals surface area (Å²) in [4.78, 5) is 47.2. The molecule has 1 unspecified atom stereocenters. The summed E-state index contributed by atoms with van der Waals surface area (Å²) in [6, 6.07) is 0. The van der Waals surface area contributed by atoms with E-state index < -0.39 is 23.3 Å². The van der Waals surface area contributed by atoms with Crippen molar-refractivity contribution >= 4 is 23.6 Å². The molecule has 0 bridgehead atoms. The average molecular weight is 381 g/mol. The minimum Gasteiger partial charge on any atom is -0.396 e. The van der Waals surface area contributed by atoms with Crippen molar-refractivity contribution in [2.75, 3.05) is 19.7 Å². The number of nitrogens with zero attached hydrogens (tertiary/aromatic N) is 1. The largest absolute Gasteiger partial charge is 0.396 e. The zero-order valence-electron chi connectivity index (χ0n) is 15.6. The Bertz CT molecular complexity index is 609. The van der Waals surface area contributed by atoms with E-state index in [9.17, 15) is 24.3 Å². The van der Waals surface area contributed by atoms with Crippen molar-refractivity contribution in [1.29, 1.82) is 0 Å². The van der Waals surface area contributed by atoms with E-state index in [1.165, 1.54) is 17.1 Å². The molecule has 9 nitrogen and oxygen atoms in total. The number of hydrogen-bond donors (Lipinski definition) is 4. The van der Waals surface area contributed by atoms with Crippen LogP contribution in [-0.4, -0.2) is 64.5 Å². The molecule has 27 heavy (non-hydrogen) atoms. The number of amides is 4. The van der Waals surface area contributed by atoms with Gasteiger partial charge in [0.25, 0.3) is 17.7 Å². The molecule has 0 aromatic carbocycles. The van der Waals surface area contributed by atoms with Crippen molar-refractivity contribution in [3.8, 4) is 0 Å². The zero-order chi connectivity index (χ0) is 20.4. The first-order valence-corrected chi connectivity index (χ1v) is 8.76. The van der Waals surface area contributed by atoms with Gasteiger partial charge in [0.2, 0.25) is 5.91 Å². The molecule has 4 N–H and O–H groups in total. The minimum absolute atomic E-state index is 0.298. The zero-order valence-corrected chi connectivity index (χ0v) is 15.6. The Morgan fingerprint density at radius 1 is 1.19 bits per heavy atom. The van der Waals surface area contributed by atoms with Crippen LogP contribution in [-0.2, 0) is 19.2 Å². The molecular formula is C18H27N3O6. The highest BCUT2D eigenvalue weighted by Gasteiger charge is 2.32. The first kappa shape index (κ1) is 22.5. The molecule has 0 saturated heterocycles. The summed E-state index contributed by atoms with van der Waals surface area (Å²) in [5.74, 6) is -1.71. The summed E-state index contributed by atoms with van der Waals surface area (Å²) in [7, 11) is 0. The molecule has 0 aromatic rings. The van der Waals surface area contributed by atoms with Gasteiger partial charge in [-0.3, -0.25) is 24.1 Å². The second-order valence-electron chi connectivity index (χ2n) is 6.90. The SMILES string of the molecule is CC(C)(CO)C(O)C(=O)N/C=C/C(=O)NCCCCCN1C(=O)C=CC1=O. The number of carbonyl (C=O) groups excluding carboxylic acids is 4. The fourth-order valence-corrected chi connectivity index (χ4v) is 2.21. The van der Waals surface area contributed by atoms with E-state index in [1.54, 1.807) is 13.8 Å². The second kappa shape index (κ2) is 10.6. The van der Waals surface area contributed by atoms with E-state index in [2.05, 4.69) is 10.6 Å². The summed E-state index contributed by atoms with van der Waals surface area (Å²) in [6.07, 6.45) is 5.42. The molecule has 1 atom stereocenters. The van der Waals surface area contributed by atoms with Gasteiger partial charge in [-0.05, 0) is 19.3 Å². The van der Waals surface area contributed by atoms with Gasteiger partial charge in [-0.2, -0.15) is 0 Å². The van der Waals surface area contributed by atoms with Gasteiger partial charge in [-0.25, -0.2) is 0 Å². The number of carbonyl (C=O) groups is 4. The molecule has 0 fully saturated rings. The maximum atomic E-state index is 11.7. The van der Waals surface area contributed by atoms with Gasteiger partial charge in [-0.15, -0.1) is 0 Å². The van der Waals surface area contributed by atoms with Crippen LogP contribution >= 0.6 is 0 Å². The second-order valence-corrected chi connectivity index (χ2v) is 6.90. The van der Waals surface area contributed by atoms with Crippen molar-refractivity contribution in [3.63, 3.8) is 0 Å². The Hall–Kier alpha value is -2.52. The molecule has 9 heteroatoms. The molecule has 4 amide bonds. The van der Waals surface area contributed by atoms with Gasteiger partial charge in [0.05, 0.1) is 6.61 Å². The molecule has 0 radical (unpaired) electrons. The van der Waals surface area contributed by atoms with Crippen molar-refractivity contribution in [2.45, 2.75) is 39.2 Å². The number of nitrogens with one attached hydrogen (secondary N) is 2. The minimum atomic E-state index is -1.40. The van der Waals surface area contributed by atoms with Gasteiger partial charge in [0.15, 0.2) is 0 Å². The topological polar surface area (TPSA) is 136 Å². The Balaban J connectivity index is 2.15. The Labute approximate surface area is 158 Å². The number of unbranched alkanes of at least 4 members (excludes halogenated alkanes) is 2. The fourth-order valence-electron chi connectivity index (χ4n) is 2.21. The average Bonchev–Trinajstić information content (AvgIpc) is 2.95. The fraction of sp³-hybridized carbons (Fsp3) is 0.556. The van der Waals surface area contributed by atoms with Crippen LogP contribution in [0.15, 0.2) is 24.4 Å². The van der Waals surface area contributed by atoms with E-state index >= 15 is 0 Å². The van der Waals surface area contributed by atoms with Gasteiger partial charge in [0, 0.05) is 42.9 Å². The predicted octanol–water partition coefficient (Wildman–Crippen LogP) is -0.793. The molecule has 0 aromatic heterocycles. The lowest BCUT2D eigenvalue weighted by Gasteiger charge is -2.26. The molecular weight excluding hydrogens is 354 g/mol. The molecule has 0 aliphatic carbocycles. The van der Waals surface area contributed by atoms with Crippen LogP contribution in [0.25, 0.3) is 0 Å². The predicted molar refractivity (Wildman–Crippen MR) is 96.9 cm³/mol. The van der Waals surface area contributed by atoms with Crippen LogP contribution < -0.4 is 10.6 Å². The summed E-state index contributed by atoms with van der Waals surface area (Å²) in [5.41, 5.74) is -0.986. The number of aliphatic hydroxyl groups excluding tert-OH is 2. The highest BCUT2D eigenvalue weighted by Crippen LogP contribution is 2.19. The van der Waals surface area contributed by atoms with Crippen LogP contribution in [0.2, 0.25) is 0 Å². The Morgan fingerprint density at radius 3 is 2.41 bits per heavy atom. The van der Waals surface area contributed by atoms with E-state index in [4.69, 9.17) is 5.11 Å². The van der Waals surface area contributed by atoms with Crippen LogP contribution in [0.3, 0.4) is 0 Å². The summed E-state index contributed by atoms with van der Waals surface area (Å²) >= 11 is 0. The molecule has 0 saturated carbocycles. The van der Waals surface area contributed by atoms with E-state index in [0.717, 1.165) is 18.7 Å². The first-order chi connectivity index (χ1) is 12.7. The van der Waals surface area contributed by atoms with E-state index in [-0.39, 0.29) is 18.4 Å². The van der Waals surface area contributed by atoms with E-state index in [0.29, 0.717) is 25.9 Å². The lowest BCUT2D eigenvalue weighted by Crippen LogP contribution is -2.44. The molecule has 1 rings (SSSR count). The third-order valence-corrected chi connectivity index (χ3v) is 4.11. The highest BCUT2D eigenvalue weighted by atomic mass is 16.3. The maximum Gasteiger partial charge on any atom is 0.253 e. The summed E-state index contributed by atoms with van der Waals surface area (Å²) in [6.45, 7) is 3.50. The van der Waals surface area contributed by atoms with E-state index in [1.807, 2.05) is 0 Å². The maximum absolute atomic E-state index is 11.7. The number of rotatable bonds is 11. The van der Waals surface area contributed by atoms with Gasteiger partial charge in [-0.1, -0.05) is 13.8 Å². The Morgan fingerprint density at radius 2 is 1.81 bits per heavy atom. The van der Waals surface area contributed by atoms with Crippen LogP contribution in [0, 0.1) is 5.41 Å². The quantitative estimate of drug-likeness (QED) is 0.210. The lowest BCUT2D eigenvalue weighted by molar-refractivity contribution is -0.137. The molecule has 1 heterocycles. The number of hydrogen-bond acceptors (Lipinski definition) is 6. The first-order valence-electron chi connectivity index (χ1n) is 8.76. The molecule has 1 aliphatic rings. The number of aliphatic hydroxyl groups is 2. The van der Waals surface area contributed by atoms with Gasteiger partial charge < -0.3 is 20.8 Å². The molecule has 150 valence electrons. The smallest absolute Gasteiger partial charge is 0.253 e. The summed E-state index contributed by atoms with van der Waals surface area (Å²) < 4.78 is 0. The van der Waals surface area contributed by atoms with Crippen molar-refractivity contribution in [1.82, 2.24) is 15.5 Å². The van der Waals surface area contributed by atoms with Gasteiger partial charge >= 0.3 is 0 Å². The van der Waals surface area contributed by atoms with Crippen molar-refractivity contribution in [3.05, 3.63) is 24.4 Å².